The molecule has 1 rings (SSSR count). The van der Waals surface area contributed by atoms with E-state index in [-0.39, 0.29) is 5.88 Å². The fraction of sp³-hybridized carbons (Fsp3) is 0.167. The third kappa shape index (κ3) is 6.23. The summed E-state index contributed by atoms with van der Waals surface area (Å²) >= 11 is 0. The monoisotopic (exact) mass is 242 g/mol. The van der Waals surface area contributed by atoms with E-state index in [1.165, 1.54) is 12.5 Å². The predicted molar refractivity (Wildman–Crippen MR) is 40.9 cm³/mol. The van der Waals surface area contributed by atoms with E-state index < -0.39 is 18.3 Å². The number of nitrogens with zero attached hydrogens (tertiary/aromatic N) is 1. The van der Waals surface area contributed by atoms with E-state index in [0.717, 1.165) is 0 Å². The van der Waals surface area contributed by atoms with Crippen LogP contribution in [0.2, 0.25) is 0 Å². The number of aromatic amines is 1. The Morgan fingerprint density at radius 1 is 1.38 bits per heavy atom. The smallest absolute Gasteiger partial charge is 0.475 e. The second-order valence-corrected chi connectivity index (χ2v) is 2.09. The Bertz CT molecular complexity index is 348. The van der Waals surface area contributed by atoms with Crippen LogP contribution in [0.4, 0.5) is 18.0 Å². The lowest BCUT2D eigenvalue weighted by Gasteiger charge is -1.93. The van der Waals surface area contributed by atoms with Crippen molar-refractivity contribution in [2.24, 2.45) is 0 Å². The lowest BCUT2D eigenvalue weighted by atomic mass is 10.7. The van der Waals surface area contributed by atoms with Crippen molar-refractivity contribution >= 4 is 12.1 Å². The Morgan fingerprint density at radius 2 is 1.88 bits per heavy atom. The molecule has 0 atom stereocenters. The van der Waals surface area contributed by atoms with Gasteiger partial charge < -0.3 is 19.9 Å². The molecule has 0 aliphatic carbocycles. The molecule has 0 spiro atoms. The third-order valence-corrected chi connectivity index (χ3v) is 0.913. The summed E-state index contributed by atoms with van der Waals surface area (Å²) < 4.78 is 35.9. The first-order valence-electron chi connectivity index (χ1n) is 3.42. The first-order chi connectivity index (χ1) is 7.23. The van der Waals surface area contributed by atoms with Crippen molar-refractivity contribution in [3.05, 3.63) is 12.5 Å². The maximum Gasteiger partial charge on any atom is 0.512 e. The summed E-state index contributed by atoms with van der Waals surface area (Å²) in [6, 6.07) is 0. The van der Waals surface area contributed by atoms with Crippen LogP contribution in [0.15, 0.2) is 12.5 Å². The Labute approximate surface area is 85.5 Å². The van der Waals surface area contributed by atoms with Gasteiger partial charge in [-0.3, -0.25) is 0 Å². The van der Waals surface area contributed by atoms with Crippen molar-refractivity contribution in [2.45, 2.75) is 6.18 Å². The third-order valence-electron chi connectivity index (χ3n) is 0.913. The van der Waals surface area contributed by atoms with Crippen LogP contribution in [0, 0.1) is 0 Å². The van der Waals surface area contributed by atoms with Crippen LogP contribution in [0.5, 0.6) is 5.88 Å². The molecule has 1 aromatic rings. The Balaban J connectivity index is 0.000000293. The number of rotatable bonds is 1. The van der Waals surface area contributed by atoms with Gasteiger partial charge in [-0.15, -0.1) is 0 Å². The number of carboxylic acid groups (broad SMARTS) is 2. The molecule has 0 fully saturated rings. The molecular weight excluding hydrogens is 237 g/mol. The van der Waals surface area contributed by atoms with E-state index in [0.29, 0.717) is 0 Å². The SMILES string of the molecule is O=C(O)C(F)(F)F.O=C(O)Oc1cnc[nH]1. The molecule has 0 aliphatic heterocycles. The number of H-pyrrole nitrogens is 1. The minimum absolute atomic E-state index is 0.127. The average molecular weight is 242 g/mol. The molecule has 0 unspecified atom stereocenters. The van der Waals surface area contributed by atoms with Gasteiger partial charge in [0.1, 0.15) is 0 Å². The molecule has 0 radical (unpaired) electrons. The number of imidazole rings is 1. The lowest BCUT2D eigenvalue weighted by Crippen LogP contribution is -2.21. The second-order valence-electron chi connectivity index (χ2n) is 2.09. The van der Waals surface area contributed by atoms with Gasteiger partial charge in [-0.25, -0.2) is 14.6 Å². The van der Waals surface area contributed by atoms with Gasteiger partial charge >= 0.3 is 18.3 Å². The van der Waals surface area contributed by atoms with Crippen molar-refractivity contribution in [3.8, 4) is 5.88 Å². The van der Waals surface area contributed by atoms with Crippen LogP contribution in [0.1, 0.15) is 0 Å². The number of alkyl halides is 3. The van der Waals surface area contributed by atoms with Crippen molar-refractivity contribution in [1.82, 2.24) is 9.97 Å². The average Bonchev–Trinajstić information content (AvgIpc) is 2.54. The number of halogens is 3. The Morgan fingerprint density at radius 3 is 2.12 bits per heavy atom. The van der Waals surface area contributed by atoms with E-state index in [4.69, 9.17) is 15.0 Å². The number of hydrogen-bond acceptors (Lipinski definition) is 4. The number of hydrogen-bond donors (Lipinski definition) is 3. The summed E-state index contributed by atoms with van der Waals surface area (Å²) in [6.45, 7) is 0. The molecule has 3 N–H and O–H groups in total. The highest BCUT2D eigenvalue weighted by molar-refractivity contribution is 5.73. The zero-order valence-electron chi connectivity index (χ0n) is 7.35. The van der Waals surface area contributed by atoms with Gasteiger partial charge in [0, 0.05) is 0 Å². The zero-order chi connectivity index (χ0) is 12.8. The van der Waals surface area contributed by atoms with Crippen LogP contribution in [0.25, 0.3) is 0 Å². The summed E-state index contributed by atoms with van der Waals surface area (Å²) in [5.74, 6) is -2.63. The highest BCUT2D eigenvalue weighted by atomic mass is 19.4. The van der Waals surface area contributed by atoms with Crippen molar-refractivity contribution in [1.29, 1.82) is 0 Å². The maximum atomic E-state index is 10.6. The van der Waals surface area contributed by atoms with Crippen molar-refractivity contribution < 1.29 is 37.7 Å². The molecule has 0 aliphatic rings. The molecule has 10 heteroatoms. The molecule has 1 heterocycles. The van der Waals surface area contributed by atoms with E-state index >= 15 is 0 Å². The highest BCUT2D eigenvalue weighted by Crippen LogP contribution is 2.13. The Hall–Kier alpha value is -2.26. The summed E-state index contributed by atoms with van der Waals surface area (Å²) in [5.41, 5.74) is 0. The molecule has 0 aromatic carbocycles. The van der Waals surface area contributed by atoms with Gasteiger partial charge in [0.2, 0.25) is 5.88 Å². The minimum atomic E-state index is -5.08. The number of carbonyl (C=O) groups is 2. The van der Waals surface area contributed by atoms with Crippen LogP contribution in [-0.2, 0) is 4.79 Å². The second kappa shape index (κ2) is 5.58. The van der Waals surface area contributed by atoms with Crippen molar-refractivity contribution in [2.75, 3.05) is 0 Å². The molecule has 0 saturated heterocycles. The summed E-state index contributed by atoms with van der Waals surface area (Å²) in [7, 11) is 0. The van der Waals surface area contributed by atoms with Gasteiger partial charge in [-0.05, 0) is 0 Å². The number of aliphatic carboxylic acids is 1. The van der Waals surface area contributed by atoms with Crippen LogP contribution in [-0.4, -0.2) is 38.5 Å². The predicted octanol–water partition coefficient (Wildman–Crippen LogP) is 1.10. The maximum absolute atomic E-state index is 10.6. The quantitative estimate of drug-likeness (QED) is 0.635. The topological polar surface area (TPSA) is 113 Å². The first-order valence-corrected chi connectivity index (χ1v) is 3.42. The molecule has 0 bridgehead atoms. The molecule has 90 valence electrons. The molecule has 1 aromatic heterocycles. The number of ether oxygens (including phenoxy) is 1. The molecule has 7 nitrogen and oxygen atoms in total. The van der Waals surface area contributed by atoms with Crippen LogP contribution < -0.4 is 4.74 Å². The normalized spacial score (nSPS) is 9.94. The fourth-order valence-corrected chi connectivity index (χ4v) is 0.393. The molecule has 0 amide bonds. The zero-order valence-corrected chi connectivity index (χ0v) is 7.35. The Kier molecular flexibility index (Phi) is 4.79. The van der Waals surface area contributed by atoms with E-state index in [9.17, 15) is 18.0 Å². The fourth-order valence-electron chi connectivity index (χ4n) is 0.393. The number of carboxylic acids is 1. The summed E-state index contributed by atoms with van der Waals surface area (Å²) in [6.07, 6.45) is -3.83. The standard InChI is InChI=1S/C4H4N2O3.C2HF3O2/c7-4(8)9-3-1-5-2-6-3;3-2(4,5)1(6)7/h1-2H,(H,5,6)(H,7,8);(H,6,7). The van der Waals surface area contributed by atoms with Crippen LogP contribution >= 0.6 is 0 Å². The largest absolute Gasteiger partial charge is 0.512 e. The van der Waals surface area contributed by atoms with Gasteiger partial charge in [-0.2, -0.15) is 13.2 Å². The summed E-state index contributed by atoms with van der Waals surface area (Å²) in [4.78, 5) is 24.7. The number of aromatic nitrogens is 2. The highest BCUT2D eigenvalue weighted by Gasteiger charge is 2.38. The minimum Gasteiger partial charge on any atom is -0.475 e. The molecule has 16 heavy (non-hydrogen) atoms. The summed E-state index contributed by atoms with van der Waals surface area (Å²) in [5, 5.41) is 15.1. The van der Waals surface area contributed by atoms with Gasteiger partial charge in [-0.1, -0.05) is 0 Å². The molecule has 0 saturated carbocycles. The number of nitrogens with one attached hydrogen (secondary N) is 1. The van der Waals surface area contributed by atoms with Gasteiger partial charge in [0.15, 0.2) is 0 Å². The van der Waals surface area contributed by atoms with Gasteiger partial charge in [0.05, 0.1) is 12.5 Å². The first kappa shape index (κ1) is 13.7. The van der Waals surface area contributed by atoms with Crippen LogP contribution in [0.3, 0.4) is 0 Å². The lowest BCUT2D eigenvalue weighted by molar-refractivity contribution is -0.192. The van der Waals surface area contributed by atoms with E-state index in [1.54, 1.807) is 0 Å². The van der Waals surface area contributed by atoms with Crippen molar-refractivity contribution in [3.63, 3.8) is 0 Å². The van der Waals surface area contributed by atoms with E-state index in [1.807, 2.05) is 0 Å². The van der Waals surface area contributed by atoms with Gasteiger partial charge in [0.25, 0.3) is 0 Å². The molecular formula is C6H5F3N2O5. The van der Waals surface area contributed by atoms with E-state index in [2.05, 4.69) is 14.7 Å².